The smallest absolute Gasteiger partial charge is 0.326 e. The first-order valence-corrected chi connectivity index (χ1v) is 19.4. The number of hydrogen-bond donors (Lipinski definition) is 6. The van der Waals surface area contributed by atoms with Crippen LogP contribution in [0.4, 0.5) is 5.69 Å². The summed E-state index contributed by atoms with van der Waals surface area (Å²) >= 11 is 1.40. The van der Waals surface area contributed by atoms with E-state index in [4.69, 9.17) is 4.74 Å². The molecule has 5 amide bonds. The van der Waals surface area contributed by atoms with Gasteiger partial charge in [0, 0.05) is 49.1 Å². The van der Waals surface area contributed by atoms with Crippen molar-refractivity contribution < 1.29 is 38.6 Å². The highest BCUT2D eigenvalue weighted by Gasteiger charge is 2.32. The summed E-state index contributed by atoms with van der Waals surface area (Å²) in [5, 5.41) is 25.7. The molecule has 4 atom stereocenters. The molecular weight excluding hydrogens is 735 g/mol. The summed E-state index contributed by atoms with van der Waals surface area (Å²) in [4.78, 5) is 81.5. The number of amides is 5. The maximum absolute atomic E-state index is 14.3. The zero-order chi connectivity index (χ0) is 40.0. The van der Waals surface area contributed by atoms with E-state index in [2.05, 4.69) is 26.6 Å². The fraction of sp³-hybridized carbons (Fsp3) is 0.333. The Morgan fingerprint density at radius 2 is 1.29 bits per heavy atom. The summed E-state index contributed by atoms with van der Waals surface area (Å²) in [6.45, 7) is 4.59. The van der Waals surface area contributed by atoms with Gasteiger partial charge in [0.1, 0.15) is 29.9 Å². The second-order valence-corrected chi connectivity index (χ2v) is 15.1. The Morgan fingerprint density at radius 1 is 0.696 bits per heavy atom. The molecule has 2 aliphatic heterocycles. The van der Waals surface area contributed by atoms with Crippen molar-refractivity contribution in [3.8, 4) is 5.75 Å². The van der Waals surface area contributed by atoms with Crippen molar-refractivity contribution in [2.45, 2.75) is 76.5 Å². The van der Waals surface area contributed by atoms with Crippen LogP contribution in [0.15, 0.2) is 96.4 Å². The molecule has 294 valence electrons. The molecule has 14 heteroatoms. The molecule has 4 aromatic rings. The Bertz CT molecular complexity index is 1950. The summed E-state index contributed by atoms with van der Waals surface area (Å²) < 4.78 is 5.82. The number of carboxylic acid groups (broad SMARTS) is 1. The molecule has 2 bridgehead atoms. The minimum absolute atomic E-state index is 0.00905. The molecular formula is C42H47N5O8S. The Balaban J connectivity index is 1.49. The Hall–Kier alpha value is -6.02. The quantitative estimate of drug-likeness (QED) is 0.131. The molecule has 6 rings (SSSR count). The first-order chi connectivity index (χ1) is 26.9. The molecule has 2 aliphatic rings. The third-order valence-electron chi connectivity index (χ3n) is 9.00. The highest BCUT2D eigenvalue weighted by molar-refractivity contribution is 7.09. The minimum Gasteiger partial charge on any atom is -0.493 e. The van der Waals surface area contributed by atoms with Crippen molar-refractivity contribution in [1.82, 2.24) is 21.3 Å². The second kappa shape index (κ2) is 20.1. The normalized spacial score (nSPS) is 20.2. The maximum atomic E-state index is 14.3. The Morgan fingerprint density at radius 3 is 1.88 bits per heavy atom. The zero-order valence-corrected chi connectivity index (χ0v) is 32.1. The van der Waals surface area contributed by atoms with Crippen LogP contribution in [-0.4, -0.2) is 71.4 Å². The maximum Gasteiger partial charge on any atom is 0.326 e. The fourth-order valence-corrected chi connectivity index (χ4v) is 6.77. The van der Waals surface area contributed by atoms with Crippen LogP contribution in [0.1, 0.15) is 48.3 Å². The van der Waals surface area contributed by atoms with Crippen molar-refractivity contribution in [3.05, 3.63) is 118 Å². The number of carbonyl (C=O) groups is 6. The van der Waals surface area contributed by atoms with Gasteiger partial charge in [-0.2, -0.15) is 0 Å². The SMILES string of the molecule is CC(C)COc1ccc(CC2NC(=O)C(Cc3cccs3)NC(=O)CCC(=O)Nc3ccc(cc3)CC(C(=O)O)NC(=O)C(Cc3ccccc3)NC2=O)cc1. The molecule has 0 radical (unpaired) electrons. The number of carboxylic acids is 1. The molecule has 0 saturated carbocycles. The predicted octanol–water partition coefficient (Wildman–Crippen LogP) is 3.81. The van der Waals surface area contributed by atoms with E-state index in [9.17, 15) is 33.9 Å². The Kier molecular flexibility index (Phi) is 14.7. The van der Waals surface area contributed by atoms with Gasteiger partial charge in [-0.1, -0.05) is 74.5 Å². The van der Waals surface area contributed by atoms with E-state index in [-0.39, 0.29) is 38.5 Å². The van der Waals surface area contributed by atoms with E-state index >= 15 is 0 Å². The van der Waals surface area contributed by atoms with E-state index in [1.807, 2.05) is 37.4 Å². The lowest BCUT2D eigenvalue weighted by atomic mass is 10.0. The standard InChI is InChI=1S/C42H47N5O8S/c1-26(2)25-55-31-16-12-29(13-17-31)22-34-39(50)45-33(21-27-7-4-3-5-8-27)40(51)47-36(42(53)54)23-28-10-14-30(15-11-28)43-37(48)18-19-38(49)44-35(41(52)46-34)24-32-9-6-20-56-32/h3-17,20,26,33-36H,18-19,21-25H2,1-2H3,(H,43,48)(H,44,49)(H,45,50)(H,46,52)(H,47,51)(H,53,54). The molecule has 6 N–H and O–H groups in total. The van der Waals surface area contributed by atoms with E-state index in [1.165, 1.54) is 11.3 Å². The molecule has 0 fully saturated rings. The number of anilines is 1. The van der Waals surface area contributed by atoms with Crippen molar-refractivity contribution in [3.63, 3.8) is 0 Å². The van der Waals surface area contributed by atoms with Gasteiger partial charge >= 0.3 is 5.97 Å². The molecule has 3 heterocycles. The number of aliphatic carboxylic acids is 1. The van der Waals surface area contributed by atoms with Crippen LogP contribution >= 0.6 is 11.3 Å². The van der Waals surface area contributed by atoms with Gasteiger partial charge in [-0.25, -0.2) is 4.79 Å². The topological polar surface area (TPSA) is 192 Å². The number of hydrogen-bond acceptors (Lipinski definition) is 8. The lowest BCUT2D eigenvalue weighted by molar-refractivity contribution is -0.142. The van der Waals surface area contributed by atoms with Gasteiger partial charge in [-0.05, 0) is 58.3 Å². The first-order valence-electron chi connectivity index (χ1n) is 18.5. The van der Waals surface area contributed by atoms with Gasteiger partial charge in [0.25, 0.3) is 0 Å². The molecule has 3 aromatic carbocycles. The highest BCUT2D eigenvalue weighted by atomic mass is 32.1. The number of benzene rings is 3. The second-order valence-electron chi connectivity index (χ2n) is 14.1. The number of fused-ring (bicyclic) bond motifs is 18. The number of thiophene rings is 1. The van der Waals surface area contributed by atoms with Gasteiger partial charge in [-0.15, -0.1) is 11.3 Å². The predicted molar refractivity (Wildman–Crippen MR) is 212 cm³/mol. The summed E-state index contributed by atoms with van der Waals surface area (Å²) in [5.41, 5.74) is 2.40. The van der Waals surface area contributed by atoms with Crippen molar-refractivity contribution in [1.29, 1.82) is 0 Å². The summed E-state index contributed by atoms with van der Waals surface area (Å²) in [6.07, 6.45) is -0.294. The minimum atomic E-state index is -1.35. The van der Waals surface area contributed by atoms with Crippen molar-refractivity contribution in [2.75, 3.05) is 11.9 Å². The monoisotopic (exact) mass is 781 g/mol. The van der Waals surface area contributed by atoms with Gasteiger partial charge in [0.05, 0.1) is 6.61 Å². The average molecular weight is 782 g/mol. The van der Waals surface area contributed by atoms with Crippen LogP contribution < -0.4 is 31.3 Å². The average Bonchev–Trinajstić information content (AvgIpc) is 3.69. The molecule has 0 saturated heterocycles. The van der Waals surface area contributed by atoms with E-state index in [0.29, 0.717) is 40.7 Å². The molecule has 1 aromatic heterocycles. The third kappa shape index (κ3) is 12.8. The summed E-state index contributed by atoms with van der Waals surface area (Å²) in [5.74, 6) is -3.37. The number of ether oxygens (including phenoxy) is 1. The van der Waals surface area contributed by atoms with Gasteiger partial charge in [-0.3, -0.25) is 24.0 Å². The molecule has 56 heavy (non-hydrogen) atoms. The number of rotatable bonds is 10. The van der Waals surface area contributed by atoms with Gasteiger partial charge < -0.3 is 36.4 Å². The molecule has 0 spiro atoms. The lowest BCUT2D eigenvalue weighted by Crippen LogP contribution is -2.59. The van der Waals surface area contributed by atoms with Crippen molar-refractivity contribution >= 4 is 52.5 Å². The van der Waals surface area contributed by atoms with Crippen LogP contribution in [0.2, 0.25) is 0 Å². The van der Waals surface area contributed by atoms with E-state index in [1.54, 1.807) is 72.8 Å². The third-order valence-corrected chi connectivity index (χ3v) is 9.90. The molecule has 0 aliphatic carbocycles. The molecule has 13 nitrogen and oxygen atoms in total. The Labute approximate surface area is 329 Å². The fourth-order valence-electron chi connectivity index (χ4n) is 6.02. The number of nitrogens with one attached hydrogen (secondary N) is 5. The molecule has 4 unspecified atom stereocenters. The van der Waals surface area contributed by atoms with E-state index < -0.39 is 59.7 Å². The van der Waals surface area contributed by atoms with Gasteiger partial charge in [0.15, 0.2) is 0 Å². The van der Waals surface area contributed by atoms with Crippen LogP contribution in [0.5, 0.6) is 5.75 Å². The summed E-state index contributed by atoms with van der Waals surface area (Å²) in [6, 6.07) is 21.3. The first kappa shape index (κ1) is 41.1. The highest BCUT2D eigenvalue weighted by Crippen LogP contribution is 2.17. The zero-order valence-electron chi connectivity index (χ0n) is 31.3. The van der Waals surface area contributed by atoms with Crippen molar-refractivity contribution in [2.24, 2.45) is 5.92 Å². The van der Waals surface area contributed by atoms with Gasteiger partial charge in [0.2, 0.25) is 29.5 Å². The lowest BCUT2D eigenvalue weighted by Gasteiger charge is -2.26. The van der Waals surface area contributed by atoms with Crippen LogP contribution in [-0.2, 0) is 54.5 Å². The summed E-state index contributed by atoms with van der Waals surface area (Å²) in [7, 11) is 0. The number of carbonyl (C=O) groups excluding carboxylic acids is 5. The van der Waals surface area contributed by atoms with E-state index in [0.717, 1.165) is 4.88 Å². The van der Waals surface area contributed by atoms with Crippen LogP contribution in [0, 0.1) is 5.92 Å². The largest absolute Gasteiger partial charge is 0.493 e. The van der Waals surface area contributed by atoms with Crippen LogP contribution in [0.3, 0.4) is 0 Å². The van der Waals surface area contributed by atoms with Crippen LogP contribution in [0.25, 0.3) is 0 Å².